The smallest absolute Gasteiger partial charge is 0.303 e. The van der Waals surface area contributed by atoms with E-state index in [2.05, 4.69) is 10.3 Å². The monoisotopic (exact) mass is 310 g/mol. The van der Waals surface area contributed by atoms with Crippen LogP contribution in [0.3, 0.4) is 0 Å². The number of aromatic amines is 1. The highest BCUT2D eigenvalue weighted by Crippen LogP contribution is 2.19. The highest BCUT2D eigenvalue weighted by Gasteiger charge is 2.10. The van der Waals surface area contributed by atoms with E-state index in [0.29, 0.717) is 5.69 Å². The number of fused-ring (bicyclic) bond motifs is 1. The lowest BCUT2D eigenvalue weighted by atomic mass is 10.1. The number of aliphatic carboxylic acids is 1. The minimum Gasteiger partial charge on any atom is -0.481 e. The highest BCUT2D eigenvalue weighted by molar-refractivity contribution is 5.92. The molecule has 0 fully saturated rings. The van der Waals surface area contributed by atoms with Crippen LogP contribution in [0.25, 0.3) is 16.9 Å². The first-order chi connectivity index (χ1) is 11.1. The van der Waals surface area contributed by atoms with Gasteiger partial charge in [-0.2, -0.15) is 0 Å². The first-order valence-corrected chi connectivity index (χ1v) is 7.23. The minimum atomic E-state index is -0.980. The molecule has 0 saturated carbocycles. The number of hydrogen-bond donors (Lipinski definition) is 3. The van der Waals surface area contributed by atoms with E-state index in [1.807, 2.05) is 47.1 Å². The summed E-state index contributed by atoms with van der Waals surface area (Å²) in [5, 5.41) is 11.3. The Morgan fingerprint density at radius 1 is 1.09 bits per heavy atom. The molecule has 0 radical (unpaired) electrons. The lowest BCUT2D eigenvalue weighted by molar-refractivity contribution is -0.509. The minimum absolute atomic E-state index is 0.0320. The van der Waals surface area contributed by atoms with Crippen LogP contribution in [0.15, 0.2) is 54.9 Å². The molecule has 0 spiro atoms. The van der Waals surface area contributed by atoms with Gasteiger partial charge in [0.15, 0.2) is 5.69 Å². The standard InChI is InChI=1S/C17H15N3O3/c21-16(8-9-17(22)23)18-13-6-4-12(5-7-13)14-11-20-10-2-1-3-15(20)19-14/h1-7,10-11H,8-9H2,(H2,18,21,22,23)/p+1. The summed E-state index contributed by atoms with van der Waals surface area (Å²) < 4.78 is 2.00. The maximum Gasteiger partial charge on any atom is 0.303 e. The number of H-pyrrole nitrogens is 1. The van der Waals surface area contributed by atoms with Crippen molar-refractivity contribution in [2.24, 2.45) is 0 Å². The molecule has 6 heteroatoms. The van der Waals surface area contributed by atoms with Crippen molar-refractivity contribution in [1.29, 1.82) is 0 Å². The molecule has 0 saturated heterocycles. The van der Waals surface area contributed by atoms with Crippen LogP contribution in [0.2, 0.25) is 0 Å². The molecule has 3 N–H and O–H groups in total. The summed E-state index contributed by atoms with van der Waals surface area (Å²) in [7, 11) is 0. The van der Waals surface area contributed by atoms with Gasteiger partial charge in [-0.1, -0.05) is 6.07 Å². The lowest BCUT2D eigenvalue weighted by Gasteiger charge is -2.04. The molecule has 0 aliphatic carbocycles. The third-order valence-corrected chi connectivity index (χ3v) is 3.47. The van der Waals surface area contributed by atoms with Gasteiger partial charge >= 0.3 is 5.97 Å². The van der Waals surface area contributed by atoms with Crippen molar-refractivity contribution in [3.05, 3.63) is 54.9 Å². The summed E-state index contributed by atoms with van der Waals surface area (Å²) in [6, 6.07) is 13.3. The number of nitrogens with one attached hydrogen (secondary N) is 2. The van der Waals surface area contributed by atoms with E-state index in [-0.39, 0.29) is 18.7 Å². The van der Waals surface area contributed by atoms with Gasteiger partial charge in [-0.15, -0.1) is 0 Å². The van der Waals surface area contributed by atoms with E-state index in [1.54, 1.807) is 12.1 Å². The molecule has 2 heterocycles. The summed E-state index contributed by atoms with van der Waals surface area (Å²) in [6.07, 6.45) is 3.76. The number of carbonyl (C=O) groups excluding carboxylic acids is 1. The van der Waals surface area contributed by atoms with Crippen molar-refractivity contribution in [2.75, 3.05) is 5.32 Å². The van der Waals surface area contributed by atoms with Gasteiger partial charge in [0, 0.05) is 23.7 Å². The van der Waals surface area contributed by atoms with E-state index >= 15 is 0 Å². The molecule has 0 aliphatic rings. The second-order valence-electron chi connectivity index (χ2n) is 5.18. The topological polar surface area (TPSA) is 86.3 Å². The molecule has 0 atom stereocenters. The largest absolute Gasteiger partial charge is 0.481 e. The molecule has 116 valence electrons. The first-order valence-electron chi connectivity index (χ1n) is 7.23. The zero-order valence-corrected chi connectivity index (χ0v) is 12.3. The number of hydrogen-bond acceptors (Lipinski definition) is 2. The van der Waals surface area contributed by atoms with Gasteiger partial charge in [0.2, 0.25) is 5.91 Å². The van der Waals surface area contributed by atoms with E-state index in [0.717, 1.165) is 16.9 Å². The fourth-order valence-electron chi connectivity index (χ4n) is 2.31. The quantitative estimate of drug-likeness (QED) is 0.632. The van der Waals surface area contributed by atoms with E-state index in [4.69, 9.17) is 5.11 Å². The van der Waals surface area contributed by atoms with Crippen LogP contribution in [0.4, 0.5) is 5.69 Å². The molecule has 3 aromatic rings. The van der Waals surface area contributed by atoms with Gasteiger partial charge in [-0.3, -0.25) is 9.59 Å². The van der Waals surface area contributed by atoms with E-state index in [9.17, 15) is 9.59 Å². The van der Waals surface area contributed by atoms with Crippen LogP contribution in [-0.2, 0) is 9.59 Å². The molecule has 1 aromatic carbocycles. The summed E-state index contributed by atoms with van der Waals surface area (Å²) in [4.78, 5) is 25.4. The van der Waals surface area contributed by atoms with Gasteiger partial charge < -0.3 is 10.4 Å². The summed E-state index contributed by atoms with van der Waals surface area (Å²) >= 11 is 0. The van der Waals surface area contributed by atoms with Crippen molar-refractivity contribution in [1.82, 2.24) is 4.98 Å². The number of amides is 1. The van der Waals surface area contributed by atoms with Crippen molar-refractivity contribution in [2.45, 2.75) is 12.8 Å². The van der Waals surface area contributed by atoms with Crippen molar-refractivity contribution in [3.8, 4) is 11.3 Å². The van der Waals surface area contributed by atoms with Crippen LogP contribution < -0.4 is 9.72 Å². The van der Waals surface area contributed by atoms with Crippen LogP contribution in [-0.4, -0.2) is 22.0 Å². The maximum absolute atomic E-state index is 11.6. The number of nitrogens with zero attached hydrogens (tertiary/aromatic N) is 1. The van der Waals surface area contributed by atoms with E-state index in [1.165, 1.54) is 0 Å². The molecule has 23 heavy (non-hydrogen) atoms. The Bertz CT molecular complexity index is 820. The highest BCUT2D eigenvalue weighted by atomic mass is 16.4. The van der Waals surface area contributed by atoms with E-state index < -0.39 is 5.97 Å². The van der Waals surface area contributed by atoms with Crippen LogP contribution >= 0.6 is 0 Å². The number of carboxylic acids is 1. The third-order valence-electron chi connectivity index (χ3n) is 3.47. The molecule has 2 aromatic heterocycles. The third kappa shape index (κ3) is 3.55. The molecular formula is C17H16N3O3+. The SMILES string of the molecule is O=C(O)CCC(=O)Nc1ccc(-c2c[n+]3ccccc3[nH]2)cc1. The predicted octanol–water partition coefficient (Wildman–Crippen LogP) is 2.22. The Hall–Kier alpha value is -3.15. The van der Waals surface area contributed by atoms with Crippen LogP contribution in [0, 0.1) is 0 Å². The number of carbonyl (C=O) groups is 2. The van der Waals surface area contributed by atoms with Crippen LogP contribution in [0.1, 0.15) is 12.8 Å². The number of rotatable bonds is 5. The average molecular weight is 310 g/mol. The second kappa shape index (κ2) is 6.31. The number of aromatic nitrogens is 2. The predicted molar refractivity (Wildman–Crippen MR) is 84.9 cm³/mol. The van der Waals surface area contributed by atoms with Gasteiger partial charge in [0.05, 0.1) is 12.6 Å². The van der Waals surface area contributed by atoms with Crippen molar-refractivity contribution in [3.63, 3.8) is 0 Å². The second-order valence-corrected chi connectivity index (χ2v) is 5.18. The molecule has 0 bridgehead atoms. The van der Waals surface area contributed by atoms with Gasteiger partial charge in [0.1, 0.15) is 6.20 Å². The van der Waals surface area contributed by atoms with Crippen molar-refractivity contribution >= 4 is 23.2 Å². The Kier molecular flexibility index (Phi) is 4.05. The summed E-state index contributed by atoms with van der Waals surface area (Å²) in [5.41, 5.74) is 3.61. The molecular weight excluding hydrogens is 294 g/mol. The van der Waals surface area contributed by atoms with Gasteiger partial charge in [-0.05, 0) is 30.3 Å². The zero-order chi connectivity index (χ0) is 16.2. The fraction of sp³-hybridized carbons (Fsp3) is 0.118. The molecule has 0 unspecified atom stereocenters. The maximum atomic E-state index is 11.6. The van der Waals surface area contributed by atoms with Crippen molar-refractivity contribution < 1.29 is 19.1 Å². The molecule has 6 nitrogen and oxygen atoms in total. The number of benzene rings is 1. The lowest BCUT2D eigenvalue weighted by Crippen LogP contribution is -2.15. The number of anilines is 1. The Labute approximate surface area is 132 Å². The number of carboxylic acid groups (broad SMARTS) is 1. The normalized spacial score (nSPS) is 10.6. The summed E-state index contributed by atoms with van der Waals surface area (Å²) in [6.45, 7) is 0. The average Bonchev–Trinajstić information content (AvgIpc) is 2.97. The zero-order valence-electron chi connectivity index (χ0n) is 12.3. The summed E-state index contributed by atoms with van der Waals surface area (Å²) in [5.74, 6) is -1.28. The number of imidazole rings is 1. The molecule has 3 rings (SSSR count). The number of pyridine rings is 1. The first kappa shape index (κ1) is 14.8. The Balaban J connectivity index is 1.71. The fourth-order valence-corrected chi connectivity index (χ4v) is 2.31. The van der Waals surface area contributed by atoms with Crippen LogP contribution in [0.5, 0.6) is 0 Å². The Morgan fingerprint density at radius 3 is 2.57 bits per heavy atom. The van der Waals surface area contributed by atoms with Gasteiger partial charge in [0.25, 0.3) is 5.65 Å². The molecule has 0 aliphatic heterocycles. The van der Waals surface area contributed by atoms with Gasteiger partial charge in [-0.25, -0.2) is 9.38 Å². The molecule has 1 amide bonds. The Morgan fingerprint density at radius 2 is 1.87 bits per heavy atom.